The third kappa shape index (κ3) is 5.45. The van der Waals surface area contributed by atoms with Gasteiger partial charge in [0.15, 0.2) is 11.4 Å². The van der Waals surface area contributed by atoms with Crippen molar-refractivity contribution in [3.63, 3.8) is 0 Å². The SMILES string of the molecule is C[C@@H]1N(c2cc(-c3cncc(Cl)c3)cnc2OC2C[C@@H](C(=O)O)N(c3nc(C(F)(F)F)nc4c3oc3ccccc34)C2)CCOC12COC2. The molecule has 3 aliphatic rings. The molecule has 8 rings (SSSR count). The number of para-hydroxylation sites is 1. The Morgan fingerprint density at radius 2 is 1.90 bits per heavy atom. The van der Waals surface area contributed by atoms with E-state index < -0.39 is 35.7 Å². The lowest BCUT2D eigenvalue weighted by Gasteiger charge is -2.53. The van der Waals surface area contributed by atoms with Crippen molar-refractivity contribution in [3.05, 3.63) is 65.8 Å². The number of carboxylic acids is 1. The largest absolute Gasteiger partial charge is 0.480 e. The number of aliphatic carboxylic acids is 1. The molecule has 1 N–H and O–H groups in total. The van der Waals surface area contributed by atoms with Crippen molar-refractivity contribution in [1.82, 2.24) is 19.9 Å². The maximum Gasteiger partial charge on any atom is 0.451 e. The second-order valence-corrected chi connectivity index (χ2v) is 12.8. The van der Waals surface area contributed by atoms with E-state index in [1.807, 2.05) is 13.0 Å². The molecular formula is C33H28ClF3N6O6. The fraction of sp³-hybridized carbons (Fsp3) is 0.364. The van der Waals surface area contributed by atoms with Crippen LogP contribution >= 0.6 is 11.6 Å². The molecule has 0 bridgehead atoms. The Morgan fingerprint density at radius 1 is 1.10 bits per heavy atom. The van der Waals surface area contributed by atoms with E-state index >= 15 is 0 Å². The summed E-state index contributed by atoms with van der Waals surface area (Å²) in [5.74, 6) is -2.71. The van der Waals surface area contributed by atoms with Gasteiger partial charge in [-0.05, 0) is 31.2 Å². The number of anilines is 2. The molecule has 3 atom stereocenters. The zero-order valence-corrected chi connectivity index (χ0v) is 26.6. The van der Waals surface area contributed by atoms with Crippen LogP contribution in [0.25, 0.3) is 33.2 Å². The summed E-state index contributed by atoms with van der Waals surface area (Å²) < 4.78 is 66.3. The Morgan fingerprint density at radius 3 is 2.63 bits per heavy atom. The number of nitrogens with zero attached hydrogens (tertiary/aromatic N) is 6. The van der Waals surface area contributed by atoms with Crippen molar-refractivity contribution in [2.75, 3.05) is 42.7 Å². The van der Waals surface area contributed by atoms with Crippen LogP contribution in [0.2, 0.25) is 5.02 Å². The summed E-state index contributed by atoms with van der Waals surface area (Å²) in [6, 6.07) is 8.77. The van der Waals surface area contributed by atoms with E-state index in [-0.39, 0.29) is 41.8 Å². The number of morpholine rings is 1. The first-order valence-electron chi connectivity index (χ1n) is 15.5. The summed E-state index contributed by atoms with van der Waals surface area (Å²) in [5.41, 5.74) is 1.76. The van der Waals surface area contributed by atoms with Crippen molar-refractivity contribution in [3.8, 4) is 17.0 Å². The Kier molecular flexibility index (Phi) is 7.53. The van der Waals surface area contributed by atoms with Crippen LogP contribution in [0.4, 0.5) is 24.7 Å². The van der Waals surface area contributed by atoms with Gasteiger partial charge < -0.3 is 33.5 Å². The maximum atomic E-state index is 14.1. The number of carboxylic acid groups (broad SMARTS) is 1. The van der Waals surface area contributed by atoms with Crippen molar-refractivity contribution < 1.29 is 41.7 Å². The molecule has 0 amide bonds. The molecule has 4 aromatic heterocycles. The molecule has 49 heavy (non-hydrogen) atoms. The zero-order valence-electron chi connectivity index (χ0n) is 25.9. The van der Waals surface area contributed by atoms with E-state index in [0.717, 1.165) is 11.1 Å². The average molecular weight is 697 g/mol. The van der Waals surface area contributed by atoms with Gasteiger partial charge in [-0.25, -0.2) is 19.7 Å². The molecular weight excluding hydrogens is 669 g/mol. The molecule has 1 unspecified atom stereocenters. The minimum atomic E-state index is -4.90. The molecule has 3 aliphatic heterocycles. The third-order valence-electron chi connectivity index (χ3n) is 9.38. The first kappa shape index (κ1) is 31.5. The van der Waals surface area contributed by atoms with Crippen LogP contribution < -0.4 is 14.5 Å². The smallest absolute Gasteiger partial charge is 0.451 e. The molecule has 12 nitrogen and oxygen atoms in total. The summed E-state index contributed by atoms with van der Waals surface area (Å²) in [6.07, 6.45) is -0.961. The van der Waals surface area contributed by atoms with Gasteiger partial charge in [0, 0.05) is 48.1 Å². The number of rotatable bonds is 6. The van der Waals surface area contributed by atoms with E-state index in [0.29, 0.717) is 48.0 Å². The Hall–Kier alpha value is -4.73. The number of carbonyl (C=O) groups is 1. The lowest BCUT2D eigenvalue weighted by molar-refractivity contribution is -0.228. The van der Waals surface area contributed by atoms with Crippen LogP contribution in [0.5, 0.6) is 5.88 Å². The van der Waals surface area contributed by atoms with Gasteiger partial charge >= 0.3 is 12.1 Å². The van der Waals surface area contributed by atoms with Crippen LogP contribution in [-0.2, 0) is 20.4 Å². The molecule has 1 spiro atoms. The molecule has 0 saturated carbocycles. The number of hydrogen-bond donors (Lipinski definition) is 1. The summed E-state index contributed by atoms with van der Waals surface area (Å²) in [7, 11) is 0. The molecule has 5 aromatic rings. The van der Waals surface area contributed by atoms with Gasteiger partial charge in [0.2, 0.25) is 11.7 Å². The predicted octanol–water partition coefficient (Wildman–Crippen LogP) is 5.61. The van der Waals surface area contributed by atoms with Crippen LogP contribution in [-0.4, -0.2) is 87.7 Å². The molecule has 254 valence electrons. The van der Waals surface area contributed by atoms with Crippen LogP contribution in [0, 0.1) is 0 Å². The fourth-order valence-electron chi connectivity index (χ4n) is 6.77. The summed E-state index contributed by atoms with van der Waals surface area (Å²) in [5, 5.41) is 11.1. The first-order chi connectivity index (χ1) is 23.5. The van der Waals surface area contributed by atoms with Gasteiger partial charge in [-0.3, -0.25) is 4.98 Å². The number of pyridine rings is 2. The molecule has 0 radical (unpaired) electrons. The van der Waals surface area contributed by atoms with E-state index in [9.17, 15) is 23.1 Å². The van der Waals surface area contributed by atoms with E-state index in [2.05, 4.69) is 24.8 Å². The minimum absolute atomic E-state index is 0.0467. The quantitative estimate of drug-likeness (QED) is 0.236. The van der Waals surface area contributed by atoms with Gasteiger partial charge in [-0.2, -0.15) is 13.2 Å². The number of aromatic nitrogens is 4. The zero-order chi connectivity index (χ0) is 34.1. The summed E-state index contributed by atoms with van der Waals surface area (Å²) in [4.78, 5) is 32.5. The lowest BCUT2D eigenvalue weighted by Crippen LogP contribution is -2.68. The van der Waals surface area contributed by atoms with Crippen molar-refractivity contribution in [1.29, 1.82) is 0 Å². The molecule has 1 aromatic carbocycles. The minimum Gasteiger partial charge on any atom is -0.480 e. The molecule has 3 saturated heterocycles. The lowest BCUT2D eigenvalue weighted by atomic mass is 9.90. The number of hydrogen-bond acceptors (Lipinski definition) is 11. The van der Waals surface area contributed by atoms with E-state index in [4.69, 9.17) is 30.2 Å². The average Bonchev–Trinajstić information content (AvgIpc) is 3.65. The van der Waals surface area contributed by atoms with Gasteiger partial charge in [0.25, 0.3) is 0 Å². The highest BCUT2D eigenvalue weighted by Gasteiger charge is 2.50. The third-order valence-corrected chi connectivity index (χ3v) is 9.58. The van der Waals surface area contributed by atoms with Crippen molar-refractivity contribution >= 4 is 51.1 Å². The molecule has 7 heterocycles. The molecule has 3 fully saturated rings. The highest BCUT2D eigenvalue weighted by molar-refractivity contribution is 6.30. The topological polar surface area (TPSA) is 136 Å². The van der Waals surface area contributed by atoms with Gasteiger partial charge in [-0.1, -0.05) is 23.7 Å². The van der Waals surface area contributed by atoms with Crippen LogP contribution in [0.15, 0.2) is 59.4 Å². The Balaban J connectivity index is 1.18. The highest BCUT2D eigenvalue weighted by Crippen LogP contribution is 2.42. The highest BCUT2D eigenvalue weighted by atomic mass is 35.5. The predicted molar refractivity (Wildman–Crippen MR) is 171 cm³/mol. The van der Waals surface area contributed by atoms with Crippen molar-refractivity contribution in [2.45, 2.75) is 43.3 Å². The Labute approximate surface area is 281 Å². The number of alkyl halides is 3. The summed E-state index contributed by atoms with van der Waals surface area (Å²) in [6.45, 7) is 3.71. The second kappa shape index (κ2) is 11.7. The summed E-state index contributed by atoms with van der Waals surface area (Å²) >= 11 is 6.23. The number of fused-ring (bicyclic) bond motifs is 3. The first-order valence-corrected chi connectivity index (χ1v) is 15.9. The monoisotopic (exact) mass is 696 g/mol. The van der Waals surface area contributed by atoms with Crippen LogP contribution in [0.1, 0.15) is 19.2 Å². The van der Waals surface area contributed by atoms with Crippen molar-refractivity contribution in [2.24, 2.45) is 0 Å². The maximum absolute atomic E-state index is 14.1. The Bertz CT molecular complexity index is 2090. The van der Waals surface area contributed by atoms with E-state index in [1.165, 1.54) is 11.1 Å². The van der Waals surface area contributed by atoms with Gasteiger partial charge in [-0.15, -0.1) is 0 Å². The van der Waals surface area contributed by atoms with E-state index in [1.54, 1.807) is 42.7 Å². The van der Waals surface area contributed by atoms with Gasteiger partial charge in [0.05, 0.1) is 37.4 Å². The van der Waals surface area contributed by atoms with Gasteiger partial charge in [0.1, 0.15) is 34.5 Å². The van der Waals surface area contributed by atoms with Crippen LogP contribution in [0.3, 0.4) is 0 Å². The number of halogens is 4. The molecule has 0 aliphatic carbocycles. The normalized spacial score (nSPS) is 22.2. The number of ether oxygens (including phenoxy) is 3. The fourth-order valence-corrected chi connectivity index (χ4v) is 6.95. The molecule has 16 heteroatoms. The standard InChI is InChI=1S/C33H28ClF3N6O6/c1-17-32(15-46-16-32)47-7-6-42(17)23-9-19(18-8-20(34)13-38-11-18)12-39-29(23)48-21-10-24(30(44)45)43(14-21)28-27-26(40-31(41-28)33(35,36)37)22-4-2-3-5-25(22)49-27/h2-5,8-9,11-13,17,21,24H,6-7,10,14-16H2,1H3,(H,44,45)/t17-,21?,24-/m0/s1. The second-order valence-electron chi connectivity index (χ2n) is 12.3. The number of furan rings is 1. The number of benzene rings is 1.